The molecule has 19 heavy (non-hydrogen) atoms. The Morgan fingerprint density at radius 2 is 2.00 bits per heavy atom. The number of rotatable bonds is 4. The van der Waals surface area contributed by atoms with E-state index in [4.69, 9.17) is 0 Å². The summed E-state index contributed by atoms with van der Waals surface area (Å²) < 4.78 is 0. The molecule has 1 aromatic carbocycles. The van der Waals surface area contributed by atoms with Crippen molar-refractivity contribution in [1.82, 2.24) is 0 Å². The molecule has 1 nitrogen and oxygen atoms in total. The number of carbonyl (C=O) groups excluding carboxylic acids is 1. The van der Waals surface area contributed by atoms with Crippen LogP contribution in [0.5, 0.6) is 0 Å². The van der Waals surface area contributed by atoms with E-state index in [1.165, 1.54) is 42.4 Å². The van der Waals surface area contributed by atoms with Crippen LogP contribution >= 0.6 is 0 Å². The van der Waals surface area contributed by atoms with Gasteiger partial charge in [-0.15, -0.1) is 0 Å². The molecular weight excluding hydrogens is 232 g/mol. The Balaban J connectivity index is 1.57. The molecule has 2 saturated carbocycles. The van der Waals surface area contributed by atoms with E-state index in [9.17, 15) is 4.79 Å². The van der Waals surface area contributed by atoms with Gasteiger partial charge in [0.1, 0.15) is 5.78 Å². The van der Waals surface area contributed by atoms with Gasteiger partial charge in [-0.1, -0.05) is 24.6 Å². The second kappa shape index (κ2) is 5.11. The number of benzene rings is 1. The summed E-state index contributed by atoms with van der Waals surface area (Å²) >= 11 is 0. The zero-order chi connectivity index (χ0) is 13.4. The summed E-state index contributed by atoms with van der Waals surface area (Å²) in [6.07, 6.45) is 6.99. The second-order valence-electron chi connectivity index (χ2n) is 6.77. The lowest BCUT2D eigenvalue weighted by molar-refractivity contribution is -0.119. The molecular formula is C18H24O. The Kier molecular flexibility index (Phi) is 3.47. The quantitative estimate of drug-likeness (QED) is 0.787. The fourth-order valence-corrected chi connectivity index (χ4v) is 4.13. The Labute approximate surface area is 116 Å². The van der Waals surface area contributed by atoms with Crippen LogP contribution in [0, 0.1) is 31.6 Å². The first-order chi connectivity index (χ1) is 9.11. The van der Waals surface area contributed by atoms with E-state index in [2.05, 4.69) is 32.0 Å². The number of aryl methyl sites for hydroxylation is 2. The average Bonchev–Trinajstić information content (AvgIpc) is 2.96. The normalized spacial score (nSPS) is 28.8. The molecule has 0 spiro atoms. The standard InChI is InChI=1S/C18H24O/c1-12-3-4-14(7-13(12)2)10-18(19)11-17-9-15-5-6-16(17)8-15/h3-4,7,15-17H,5-6,8-11H2,1-2H3. The minimum atomic E-state index is 0.445. The van der Waals surface area contributed by atoms with Crippen molar-refractivity contribution in [3.63, 3.8) is 0 Å². The zero-order valence-electron chi connectivity index (χ0n) is 12.1. The van der Waals surface area contributed by atoms with Crippen LogP contribution in [0.3, 0.4) is 0 Å². The van der Waals surface area contributed by atoms with E-state index in [1.807, 2.05) is 0 Å². The third-order valence-corrected chi connectivity index (χ3v) is 5.35. The van der Waals surface area contributed by atoms with Crippen LogP contribution in [0.2, 0.25) is 0 Å². The molecule has 2 bridgehead atoms. The van der Waals surface area contributed by atoms with Crippen LogP contribution in [0.15, 0.2) is 18.2 Å². The Hall–Kier alpha value is -1.11. The molecule has 1 aromatic rings. The van der Waals surface area contributed by atoms with Crippen molar-refractivity contribution in [2.24, 2.45) is 17.8 Å². The fourth-order valence-electron chi connectivity index (χ4n) is 4.13. The Morgan fingerprint density at radius 1 is 1.16 bits per heavy atom. The predicted molar refractivity (Wildman–Crippen MR) is 78.2 cm³/mol. The first kappa shape index (κ1) is 12.9. The second-order valence-corrected chi connectivity index (χ2v) is 6.77. The minimum absolute atomic E-state index is 0.445. The SMILES string of the molecule is Cc1ccc(CC(=O)CC2CC3CCC2C3)cc1C. The fraction of sp³-hybridized carbons (Fsp3) is 0.611. The van der Waals surface area contributed by atoms with Gasteiger partial charge in [-0.25, -0.2) is 0 Å². The first-order valence-corrected chi connectivity index (χ1v) is 7.69. The summed E-state index contributed by atoms with van der Waals surface area (Å²) in [4.78, 5) is 12.2. The summed E-state index contributed by atoms with van der Waals surface area (Å²) in [6, 6.07) is 6.42. The van der Waals surface area contributed by atoms with Crippen molar-refractivity contribution >= 4 is 5.78 Å². The van der Waals surface area contributed by atoms with E-state index in [0.29, 0.717) is 18.1 Å². The summed E-state index contributed by atoms with van der Waals surface area (Å²) in [5.74, 6) is 2.97. The van der Waals surface area contributed by atoms with Gasteiger partial charge in [0.05, 0.1) is 0 Å². The topological polar surface area (TPSA) is 17.1 Å². The van der Waals surface area contributed by atoms with Crippen molar-refractivity contribution < 1.29 is 4.79 Å². The molecule has 0 saturated heterocycles. The molecule has 2 aliphatic carbocycles. The molecule has 3 unspecified atom stereocenters. The average molecular weight is 256 g/mol. The maximum atomic E-state index is 12.2. The molecule has 2 fully saturated rings. The van der Waals surface area contributed by atoms with E-state index in [0.717, 1.165) is 18.3 Å². The molecule has 0 aromatic heterocycles. The number of carbonyl (C=O) groups is 1. The monoisotopic (exact) mass is 256 g/mol. The summed E-state index contributed by atoms with van der Waals surface area (Å²) in [6.45, 7) is 4.25. The van der Waals surface area contributed by atoms with E-state index < -0.39 is 0 Å². The molecule has 102 valence electrons. The summed E-state index contributed by atoms with van der Waals surface area (Å²) in [5.41, 5.74) is 3.80. The lowest BCUT2D eigenvalue weighted by Gasteiger charge is -2.20. The highest BCUT2D eigenvalue weighted by Crippen LogP contribution is 2.49. The minimum Gasteiger partial charge on any atom is -0.299 e. The molecule has 0 aliphatic heterocycles. The zero-order valence-corrected chi connectivity index (χ0v) is 12.1. The number of fused-ring (bicyclic) bond motifs is 2. The number of ketones is 1. The van der Waals surface area contributed by atoms with Crippen LogP contribution in [-0.2, 0) is 11.2 Å². The van der Waals surface area contributed by atoms with Crippen LogP contribution in [0.25, 0.3) is 0 Å². The smallest absolute Gasteiger partial charge is 0.137 e. The molecule has 1 heteroatoms. The largest absolute Gasteiger partial charge is 0.299 e. The van der Waals surface area contributed by atoms with Gasteiger partial charge >= 0.3 is 0 Å². The summed E-state index contributed by atoms with van der Waals surface area (Å²) in [7, 11) is 0. The van der Waals surface area contributed by atoms with Gasteiger partial charge < -0.3 is 0 Å². The van der Waals surface area contributed by atoms with E-state index >= 15 is 0 Å². The summed E-state index contributed by atoms with van der Waals surface area (Å²) in [5, 5.41) is 0. The molecule has 0 heterocycles. The maximum absolute atomic E-state index is 12.2. The lowest BCUT2D eigenvalue weighted by atomic mass is 9.84. The third-order valence-electron chi connectivity index (χ3n) is 5.35. The van der Waals surface area contributed by atoms with E-state index in [-0.39, 0.29) is 0 Å². The first-order valence-electron chi connectivity index (χ1n) is 7.69. The van der Waals surface area contributed by atoms with Crippen molar-refractivity contribution in [3.05, 3.63) is 34.9 Å². The van der Waals surface area contributed by atoms with Gasteiger partial charge in [-0.3, -0.25) is 4.79 Å². The van der Waals surface area contributed by atoms with Gasteiger partial charge in [0, 0.05) is 12.8 Å². The van der Waals surface area contributed by atoms with Crippen LogP contribution in [0.4, 0.5) is 0 Å². The van der Waals surface area contributed by atoms with Crippen LogP contribution in [0.1, 0.15) is 48.8 Å². The number of hydrogen-bond donors (Lipinski definition) is 0. The van der Waals surface area contributed by atoms with Crippen molar-refractivity contribution in [2.45, 2.75) is 52.4 Å². The van der Waals surface area contributed by atoms with Crippen LogP contribution in [-0.4, -0.2) is 5.78 Å². The highest BCUT2D eigenvalue weighted by molar-refractivity contribution is 5.81. The molecule has 0 amide bonds. The Bertz CT molecular complexity index is 488. The molecule has 0 radical (unpaired) electrons. The highest BCUT2D eigenvalue weighted by atomic mass is 16.1. The van der Waals surface area contributed by atoms with Gasteiger partial charge in [-0.05, 0) is 67.6 Å². The maximum Gasteiger partial charge on any atom is 0.137 e. The van der Waals surface area contributed by atoms with E-state index in [1.54, 1.807) is 0 Å². The molecule has 2 aliphatic rings. The number of hydrogen-bond acceptors (Lipinski definition) is 1. The van der Waals surface area contributed by atoms with Crippen LogP contribution < -0.4 is 0 Å². The van der Waals surface area contributed by atoms with Crippen molar-refractivity contribution in [1.29, 1.82) is 0 Å². The highest BCUT2D eigenvalue weighted by Gasteiger charge is 2.39. The lowest BCUT2D eigenvalue weighted by Crippen LogP contribution is -2.16. The van der Waals surface area contributed by atoms with Gasteiger partial charge in [0.2, 0.25) is 0 Å². The van der Waals surface area contributed by atoms with Gasteiger partial charge in [-0.2, -0.15) is 0 Å². The number of Topliss-reactive ketones (excluding diaryl/α,β-unsaturated/α-hetero) is 1. The third kappa shape index (κ3) is 2.75. The van der Waals surface area contributed by atoms with Crippen molar-refractivity contribution in [3.8, 4) is 0 Å². The van der Waals surface area contributed by atoms with Crippen molar-refractivity contribution in [2.75, 3.05) is 0 Å². The molecule has 3 atom stereocenters. The van der Waals surface area contributed by atoms with Gasteiger partial charge in [0.15, 0.2) is 0 Å². The molecule has 3 rings (SSSR count). The van der Waals surface area contributed by atoms with Gasteiger partial charge in [0.25, 0.3) is 0 Å². The predicted octanol–water partition coefficient (Wildman–Crippen LogP) is 4.24. The Morgan fingerprint density at radius 3 is 2.63 bits per heavy atom. The molecule has 0 N–H and O–H groups in total.